The van der Waals surface area contributed by atoms with Crippen LogP contribution in [0.3, 0.4) is 0 Å². The summed E-state index contributed by atoms with van der Waals surface area (Å²) in [4.78, 5) is 0. The summed E-state index contributed by atoms with van der Waals surface area (Å²) in [6.07, 6.45) is 1.68. The lowest BCUT2D eigenvalue weighted by atomic mass is 9.93. The Labute approximate surface area is 159 Å². The Morgan fingerprint density at radius 3 is 2.37 bits per heavy atom. The van der Waals surface area contributed by atoms with E-state index in [-0.39, 0.29) is 6.04 Å². The van der Waals surface area contributed by atoms with E-state index >= 15 is 0 Å². The fourth-order valence-electron chi connectivity index (χ4n) is 4.22. The summed E-state index contributed by atoms with van der Waals surface area (Å²) in [6, 6.07) is 29.6. The number of ether oxygens (including phenoxy) is 1. The van der Waals surface area contributed by atoms with Crippen LogP contribution < -0.4 is 4.74 Å². The van der Waals surface area contributed by atoms with Crippen LogP contribution in [0.5, 0.6) is 5.75 Å². The second-order valence-electron chi connectivity index (χ2n) is 7.45. The van der Waals surface area contributed by atoms with Gasteiger partial charge < -0.3 is 4.74 Å². The first-order valence-electron chi connectivity index (χ1n) is 9.47. The molecule has 0 saturated heterocycles. The standard InChI is InChI=1S/C24H22N2O/c1-24(17-18-10-4-2-5-11-18)26-22(20-14-8-9-15-23(20)27-24)16-21(25-26)19-12-6-3-7-13-19/h2-15,22H,16-17H2,1H3. The summed E-state index contributed by atoms with van der Waals surface area (Å²) < 4.78 is 6.54. The van der Waals surface area contributed by atoms with Crippen molar-refractivity contribution in [1.82, 2.24) is 5.01 Å². The molecule has 0 aliphatic carbocycles. The lowest BCUT2D eigenvalue weighted by Gasteiger charge is -2.46. The van der Waals surface area contributed by atoms with Gasteiger partial charge in [-0.3, -0.25) is 0 Å². The number of rotatable bonds is 3. The number of para-hydroxylation sites is 1. The van der Waals surface area contributed by atoms with Crippen LogP contribution in [0.25, 0.3) is 0 Å². The van der Waals surface area contributed by atoms with E-state index in [1.165, 1.54) is 16.7 Å². The fraction of sp³-hybridized carbons (Fsp3) is 0.208. The first kappa shape index (κ1) is 16.1. The average Bonchev–Trinajstić information content (AvgIpc) is 3.16. The number of nitrogens with zero attached hydrogens (tertiary/aromatic N) is 2. The van der Waals surface area contributed by atoms with Gasteiger partial charge in [0.2, 0.25) is 0 Å². The van der Waals surface area contributed by atoms with Crippen LogP contribution in [0.1, 0.15) is 36.1 Å². The Morgan fingerprint density at radius 1 is 0.926 bits per heavy atom. The molecule has 0 amide bonds. The Kier molecular flexibility index (Phi) is 3.75. The van der Waals surface area contributed by atoms with Gasteiger partial charge in [-0.2, -0.15) is 5.10 Å². The summed E-state index contributed by atoms with van der Waals surface area (Å²) in [6.45, 7) is 2.15. The van der Waals surface area contributed by atoms with Gasteiger partial charge in [0.05, 0.1) is 11.8 Å². The molecule has 27 heavy (non-hydrogen) atoms. The number of hydrazone groups is 1. The summed E-state index contributed by atoms with van der Waals surface area (Å²) >= 11 is 0. The van der Waals surface area contributed by atoms with Crippen molar-refractivity contribution in [2.45, 2.75) is 31.5 Å². The van der Waals surface area contributed by atoms with Crippen LogP contribution in [0.2, 0.25) is 0 Å². The maximum Gasteiger partial charge on any atom is 0.199 e. The van der Waals surface area contributed by atoms with Gasteiger partial charge in [0.15, 0.2) is 5.72 Å². The fourth-order valence-corrected chi connectivity index (χ4v) is 4.22. The number of fused-ring (bicyclic) bond motifs is 3. The number of benzene rings is 3. The summed E-state index contributed by atoms with van der Waals surface area (Å²) in [5, 5.41) is 7.24. The summed E-state index contributed by atoms with van der Waals surface area (Å²) in [5.41, 5.74) is 4.27. The zero-order chi connectivity index (χ0) is 18.3. The smallest absolute Gasteiger partial charge is 0.199 e. The topological polar surface area (TPSA) is 24.8 Å². The maximum atomic E-state index is 6.54. The minimum absolute atomic E-state index is 0.207. The Morgan fingerprint density at radius 2 is 1.59 bits per heavy atom. The van der Waals surface area contributed by atoms with Crippen LogP contribution in [0, 0.1) is 0 Å². The Balaban J connectivity index is 1.58. The highest BCUT2D eigenvalue weighted by Crippen LogP contribution is 2.47. The van der Waals surface area contributed by atoms with Crippen LogP contribution in [0.15, 0.2) is 90.0 Å². The van der Waals surface area contributed by atoms with Crippen molar-refractivity contribution in [1.29, 1.82) is 0 Å². The summed E-state index contributed by atoms with van der Waals surface area (Å²) in [5.74, 6) is 0.974. The van der Waals surface area contributed by atoms with E-state index in [1.54, 1.807) is 0 Å². The van der Waals surface area contributed by atoms with Crippen LogP contribution >= 0.6 is 0 Å². The molecule has 3 heteroatoms. The molecule has 0 aromatic heterocycles. The van der Waals surface area contributed by atoms with E-state index in [4.69, 9.17) is 9.84 Å². The van der Waals surface area contributed by atoms with Crippen molar-refractivity contribution in [3.05, 3.63) is 102 Å². The molecule has 2 atom stereocenters. The highest BCUT2D eigenvalue weighted by Gasteiger charge is 2.47. The van der Waals surface area contributed by atoms with E-state index in [9.17, 15) is 0 Å². The van der Waals surface area contributed by atoms with Gasteiger partial charge in [-0.1, -0.05) is 78.9 Å². The third-order valence-electron chi connectivity index (χ3n) is 5.48. The van der Waals surface area contributed by atoms with E-state index in [0.29, 0.717) is 0 Å². The van der Waals surface area contributed by atoms with Gasteiger partial charge in [0.1, 0.15) is 5.75 Å². The van der Waals surface area contributed by atoms with Gasteiger partial charge in [-0.25, -0.2) is 5.01 Å². The molecule has 0 fully saturated rings. The number of hydrogen-bond acceptors (Lipinski definition) is 3. The monoisotopic (exact) mass is 354 g/mol. The Bertz CT molecular complexity index is 984. The summed E-state index contributed by atoms with van der Waals surface area (Å²) in [7, 11) is 0. The van der Waals surface area contributed by atoms with Crippen LogP contribution in [-0.4, -0.2) is 16.4 Å². The van der Waals surface area contributed by atoms with Gasteiger partial charge >= 0.3 is 0 Å². The molecule has 2 aliphatic rings. The van der Waals surface area contributed by atoms with Gasteiger partial charge in [-0.15, -0.1) is 0 Å². The highest BCUT2D eigenvalue weighted by atomic mass is 16.5. The molecule has 3 aromatic carbocycles. The first-order chi connectivity index (χ1) is 13.2. The van der Waals surface area contributed by atoms with Crippen LogP contribution in [0.4, 0.5) is 0 Å². The van der Waals surface area contributed by atoms with Crippen molar-refractivity contribution in [2.75, 3.05) is 0 Å². The van der Waals surface area contributed by atoms with E-state index in [2.05, 4.69) is 78.7 Å². The van der Waals surface area contributed by atoms with Gasteiger partial charge in [0.25, 0.3) is 0 Å². The predicted octanol–water partition coefficient (Wildman–Crippen LogP) is 5.19. The first-order valence-corrected chi connectivity index (χ1v) is 9.47. The molecule has 0 radical (unpaired) electrons. The molecule has 0 spiro atoms. The maximum absolute atomic E-state index is 6.54. The van der Waals surface area contributed by atoms with Gasteiger partial charge in [-0.05, 0) is 24.1 Å². The molecule has 0 saturated carbocycles. The SMILES string of the molecule is CC1(Cc2ccccc2)Oc2ccccc2C2CC(c3ccccc3)=NN21. The molecule has 2 heterocycles. The van der Waals surface area contributed by atoms with Gasteiger partial charge in [0, 0.05) is 18.4 Å². The average molecular weight is 354 g/mol. The van der Waals surface area contributed by atoms with Crippen molar-refractivity contribution < 1.29 is 4.74 Å². The lowest BCUT2D eigenvalue weighted by molar-refractivity contribution is -0.105. The largest absolute Gasteiger partial charge is 0.466 e. The Hall–Kier alpha value is -3.07. The molecule has 134 valence electrons. The lowest BCUT2D eigenvalue weighted by Crippen LogP contribution is -2.52. The van der Waals surface area contributed by atoms with Crippen molar-refractivity contribution >= 4 is 5.71 Å². The molecule has 0 N–H and O–H groups in total. The molecule has 5 rings (SSSR count). The van der Waals surface area contributed by atoms with Crippen LogP contribution in [-0.2, 0) is 6.42 Å². The number of hydrogen-bond donors (Lipinski definition) is 0. The molecular weight excluding hydrogens is 332 g/mol. The third-order valence-corrected chi connectivity index (χ3v) is 5.48. The molecular formula is C24H22N2O. The minimum atomic E-state index is -0.517. The third kappa shape index (κ3) is 2.80. The normalized spacial score (nSPS) is 23.2. The molecule has 2 aliphatic heterocycles. The van der Waals surface area contributed by atoms with Crippen molar-refractivity contribution in [2.24, 2.45) is 5.10 Å². The minimum Gasteiger partial charge on any atom is -0.466 e. The van der Waals surface area contributed by atoms with E-state index in [0.717, 1.165) is 24.3 Å². The second kappa shape index (κ2) is 6.27. The zero-order valence-corrected chi connectivity index (χ0v) is 15.4. The second-order valence-corrected chi connectivity index (χ2v) is 7.45. The quantitative estimate of drug-likeness (QED) is 0.647. The molecule has 3 aromatic rings. The van der Waals surface area contributed by atoms with Crippen molar-refractivity contribution in [3.8, 4) is 5.75 Å². The van der Waals surface area contributed by atoms with E-state index < -0.39 is 5.72 Å². The molecule has 3 nitrogen and oxygen atoms in total. The zero-order valence-electron chi connectivity index (χ0n) is 15.4. The molecule has 2 unspecified atom stereocenters. The predicted molar refractivity (Wildman–Crippen MR) is 108 cm³/mol. The van der Waals surface area contributed by atoms with E-state index in [1.807, 2.05) is 18.2 Å². The van der Waals surface area contributed by atoms with Crippen molar-refractivity contribution in [3.63, 3.8) is 0 Å². The highest BCUT2D eigenvalue weighted by molar-refractivity contribution is 6.01. The molecule has 0 bridgehead atoms.